The van der Waals surface area contributed by atoms with Crippen LogP contribution in [0.3, 0.4) is 0 Å². The second-order valence-corrected chi connectivity index (χ2v) is 2.71. The second-order valence-electron chi connectivity index (χ2n) is 2.71. The van der Waals surface area contributed by atoms with E-state index in [4.69, 9.17) is 9.84 Å². The minimum atomic E-state index is -1.16. The number of nitrogens with zero attached hydrogens (tertiary/aromatic N) is 2. The summed E-state index contributed by atoms with van der Waals surface area (Å²) in [5, 5.41) is 17.9. The van der Waals surface area contributed by atoms with Gasteiger partial charge in [0, 0.05) is 0 Å². The number of nitrogens with one attached hydrogen (secondary N) is 1. The molecule has 1 heterocycles. The first-order valence-electron chi connectivity index (χ1n) is 4.14. The van der Waals surface area contributed by atoms with Gasteiger partial charge in [0.15, 0.2) is 0 Å². The minimum absolute atomic E-state index is 0.0475. The van der Waals surface area contributed by atoms with Crippen LogP contribution < -0.4 is 4.74 Å². The monoisotopic (exact) mass is 205 g/mol. The van der Waals surface area contributed by atoms with Crippen molar-refractivity contribution in [3.63, 3.8) is 0 Å². The number of para-hydroxylation sites is 1. The standard InChI is InChI=1S/C9H7N3O3/c13-9(14)7-8(11-12-10-7)15-6-4-2-1-3-5-6/h1-5H,(H,13,14)(H,10,11,12). The van der Waals surface area contributed by atoms with E-state index in [1.165, 1.54) is 0 Å². The molecule has 0 aliphatic rings. The molecule has 0 saturated carbocycles. The second kappa shape index (κ2) is 3.79. The van der Waals surface area contributed by atoms with E-state index >= 15 is 0 Å². The average Bonchev–Trinajstić information content (AvgIpc) is 2.67. The summed E-state index contributed by atoms with van der Waals surface area (Å²) in [5.74, 6) is -0.700. The van der Waals surface area contributed by atoms with Crippen LogP contribution in [0, 0.1) is 0 Å². The van der Waals surface area contributed by atoms with Crippen molar-refractivity contribution in [3.8, 4) is 11.6 Å². The van der Waals surface area contributed by atoms with Crippen LogP contribution in [0.15, 0.2) is 30.3 Å². The van der Waals surface area contributed by atoms with Crippen LogP contribution in [0.2, 0.25) is 0 Å². The Kier molecular flexibility index (Phi) is 2.32. The zero-order valence-electron chi connectivity index (χ0n) is 7.54. The molecule has 1 aromatic heterocycles. The molecule has 1 aromatic carbocycles. The molecule has 0 fully saturated rings. The molecule has 0 amide bonds. The van der Waals surface area contributed by atoms with Gasteiger partial charge in [-0.2, -0.15) is 0 Å². The molecule has 0 bridgehead atoms. The molecule has 0 atom stereocenters. The fourth-order valence-corrected chi connectivity index (χ4v) is 1.03. The number of carbonyl (C=O) groups is 1. The Hall–Kier alpha value is -2.37. The number of aromatic carboxylic acids is 1. The van der Waals surface area contributed by atoms with Crippen molar-refractivity contribution in [1.82, 2.24) is 15.4 Å². The van der Waals surface area contributed by atoms with Gasteiger partial charge in [-0.05, 0) is 12.1 Å². The SMILES string of the molecule is O=C(O)c1[nH]nnc1Oc1ccccc1. The Morgan fingerprint density at radius 3 is 2.73 bits per heavy atom. The number of aromatic amines is 1. The summed E-state index contributed by atoms with van der Waals surface area (Å²) < 4.78 is 5.23. The van der Waals surface area contributed by atoms with E-state index in [9.17, 15) is 4.79 Å². The highest BCUT2D eigenvalue weighted by atomic mass is 16.5. The molecule has 76 valence electrons. The lowest BCUT2D eigenvalue weighted by Crippen LogP contribution is -1.99. The normalized spacial score (nSPS) is 9.87. The summed E-state index contributed by atoms with van der Waals surface area (Å²) in [4.78, 5) is 10.7. The largest absolute Gasteiger partial charge is 0.476 e. The van der Waals surface area contributed by atoms with Gasteiger partial charge in [-0.1, -0.05) is 28.5 Å². The van der Waals surface area contributed by atoms with E-state index in [1.54, 1.807) is 24.3 Å². The highest BCUT2D eigenvalue weighted by Crippen LogP contribution is 2.20. The first-order chi connectivity index (χ1) is 7.27. The molecule has 0 unspecified atom stereocenters. The van der Waals surface area contributed by atoms with Crippen molar-refractivity contribution in [3.05, 3.63) is 36.0 Å². The van der Waals surface area contributed by atoms with Crippen LogP contribution >= 0.6 is 0 Å². The maximum absolute atomic E-state index is 10.7. The van der Waals surface area contributed by atoms with E-state index < -0.39 is 5.97 Å². The van der Waals surface area contributed by atoms with Gasteiger partial charge in [-0.15, -0.1) is 0 Å². The topological polar surface area (TPSA) is 88.1 Å². The molecule has 2 rings (SSSR count). The van der Waals surface area contributed by atoms with Gasteiger partial charge < -0.3 is 9.84 Å². The van der Waals surface area contributed by atoms with Gasteiger partial charge >= 0.3 is 5.97 Å². The Labute approximate surface area is 84.5 Å². The molecular formula is C9H7N3O3. The first kappa shape index (κ1) is 9.20. The maximum Gasteiger partial charge on any atom is 0.359 e. The third-order valence-corrected chi connectivity index (χ3v) is 1.69. The number of rotatable bonds is 3. The molecule has 0 radical (unpaired) electrons. The molecule has 0 aliphatic carbocycles. The van der Waals surface area contributed by atoms with Gasteiger partial charge in [-0.3, -0.25) is 0 Å². The van der Waals surface area contributed by atoms with Gasteiger partial charge in [0.05, 0.1) is 0 Å². The van der Waals surface area contributed by atoms with E-state index in [-0.39, 0.29) is 11.6 Å². The fraction of sp³-hybridized carbons (Fsp3) is 0. The van der Waals surface area contributed by atoms with Gasteiger partial charge in [0.25, 0.3) is 5.88 Å². The van der Waals surface area contributed by atoms with Crippen LogP contribution in [-0.2, 0) is 0 Å². The smallest absolute Gasteiger partial charge is 0.359 e. The maximum atomic E-state index is 10.7. The summed E-state index contributed by atoms with van der Waals surface area (Å²) in [5.41, 5.74) is -0.168. The first-order valence-corrected chi connectivity index (χ1v) is 4.14. The van der Waals surface area contributed by atoms with E-state index in [0.29, 0.717) is 5.75 Å². The quantitative estimate of drug-likeness (QED) is 0.788. The number of hydrogen-bond donors (Lipinski definition) is 2. The lowest BCUT2D eigenvalue weighted by molar-refractivity contribution is 0.0687. The van der Waals surface area contributed by atoms with Crippen LogP contribution in [-0.4, -0.2) is 26.5 Å². The van der Waals surface area contributed by atoms with Crippen molar-refractivity contribution < 1.29 is 14.6 Å². The summed E-state index contributed by atoms with van der Waals surface area (Å²) in [6, 6.07) is 8.76. The van der Waals surface area contributed by atoms with Gasteiger partial charge in [-0.25, -0.2) is 9.89 Å². The number of carboxylic acid groups (broad SMARTS) is 1. The predicted octanol–water partition coefficient (Wildman–Crippen LogP) is 1.30. The van der Waals surface area contributed by atoms with E-state index in [0.717, 1.165) is 0 Å². The Bertz CT molecular complexity index is 466. The van der Waals surface area contributed by atoms with Gasteiger partial charge in [0.1, 0.15) is 5.75 Å². The van der Waals surface area contributed by atoms with Crippen LogP contribution in [0.4, 0.5) is 0 Å². The minimum Gasteiger partial charge on any atom is -0.476 e. The molecule has 0 spiro atoms. The number of benzene rings is 1. The van der Waals surface area contributed by atoms with E-state index in [1.807, 2.05) is 6.07 Å². The fourth-order valence-electron chi connectivity index (χ4n) is 1.03. The zero-order valence-corrected chi connectivity index (χ0v) is 7.54. The molecule has 15 heavy (non-hydrogen) atoms. The lowest BCUT2D eigenvalue weighted by Gasteiger charge is -2.00. The van der Waals surface area contributed by atoms with Crippen LogP contribution in [0.5, 0.6) is 11.6 Å². The zero-order chi connectivity index (χ0) is 10.7. The molecule has 2 N–H and O–H groups in total. The molecule has 6 heteroatoms. The summed E-state index contributed by atoms with van der Waals surface area (Å²) in [7, 11) is 0. The molecular weight excluding hydrogens is 198 g/mol. The Balaban J connectivity index is 2.25. The summed E-state index contributed by atoms with van der Waals surface area (Å²) >= 11 is 0. The number of H-pyrrole nitrogens is 1. The summed E-state index contributed by atoms with van der Waals surface area (Å²) in [6.45, 7) is 0. The average molecular weight is 205 g/mol. The number of carboxylic acids is 1. The molecule has 2 aromatic rings. The number of aromatic nitrogens is 3. The van der Waals surface area contributed by atoms with Crippen LogP contribution in [0.1, 0.15) is 10.5 Å². The van der Waals surface area contributed by atoms with Crippen LogP contribution in [0.25, 0.3) is 0 Å². The van der Waals surface area contributed by atoms with Crippen molar-refractivity contribution >= 4 is 5.97 Å². The highest BCUT2D eigenvalue weighted by Gasteiger charge is 2.15. The van der Waals surface area contributed by atoms with E-state index in [2.05, 4.69) is 15.4 Å². The Morgan fingerprint density at radius 1 is 1.33 bits per heavy atom. The third-order valence-electron chi connectivity index (χ3n) is 1.69. The lowest BCUT2D eigenvalue weighted by atomic mass is 10.3. The molecule has 0 aliphatic heterocycles. The van der Waals surface area contributed by atoms with Crippen molar-refractivity contribution in [1.29, 1.82) is 0 Å². The van der Waals surface area contributed by atoms with Crippen molar-refractivity contribution in [2.45, 2.75) is 0 Å². The number of hydrogen-bond acceptors (Lipinski definition) is 4. The van der Waals surface area contributed by atoms with Gasteiger partial charge in [0.2, 0.25) is 5.69 Å². The third kappa shape index (κ3) is 1.93. The highest BCUT2D eigenvalue weighted by molar-refractivity contribution is 5.87. The van der Waals surface area contributed by atoms with Crippen molar-refractivity contribution in [2.75, 3.05) is 0 Å². The number of ether oxygens (including phenoxy) is 1. The van der Waals surface area contributed by atoms with Crippen molar-refractivity contribution in [2.24, 2.45) is 0 Å². The summed E-state index contributed by atoms with van der Waals surface area (Å²) in [6.07, 6.45) is 0. The predicted molar refractivity (Wildman–Crippen MR) is 49.9 cm³/mol. The molecule has 0 saturated heterocycles. The molecule has 6 nitrogen and oxygen atoms in total. The Morgan fingerprint density at radius 2 is 2.07 bits per heavy atom.